The minimum absolute atomic E-state index is 0.0924. The van der Waals surface area contributed by atoms with Crippen LogP contribution in [0, 0.1) is 0 Å². The molecule has 0 bridgehead atoms. The number of anilines is 1. The lowest BCUT2D eigenvalue weighted by molar-refractivity contribution is 0.0736. The molecule has 1 fully saturated rings. The molecule has 4 rings (SSSR count). The molecule has 0 saturated carbocycles. The summed E-state index contributed by atoms with van der Waals surface area (Å²) in [4.78, 5) is 17.2. The van der Waals surface area contributed by atoms with Gasteiger partial charge in [0, 0.05) is 38.9 Å². The smallest absolute Gasteiger partial charge is 0.270 e. The van der Waals surface area contributed by atoms with Crippen LogP contribution in [0.5, 0.6) is 0 Å². The Bertz CT molecular complexity index is 914. The van der Waals surface area contributed by atoms with Crippen LogP contribution >= 0.6 is 11.6 Å². The summed E-state index contributed by atoms with van der Waals surface area (Å²) in [5.74, 6) is 0.0924. The molecule has 138 valence electrons. The first-order valence-electron chi connectivity index (χ1n) is 9.20. The molecule has 2 aromatic carbocycles. The average molecular weight is 380 g/mol. The highest BCUT2D eigenvalue weighted by Crippen LogP contribution is 2.26. The maximum absolute atomic E-state index is 13.0. The van der Waals surface area contributed by atoms with Gasteiger partial charge in [-0.05, 0) is 29.8 Å². The number of halogens is 1. The zero-order chi connectivity index (χ0) is 18.6. The number of para-hydroxylation sites is 1. The van der Waals surface area contributed by atoms with Crippen LogP contribution in [0.1, 0.15) is 16.1 Å². The van der Waals surface area contributed by atoms with Crippen molar-refractivity contribution in [1.29, 1.82) is 0 Å². The van der Waals surface area contributed by atoms with E-state index in [9.17, 15) is 4.79 Å². The van der Waals surface area contributed by atoms with E-state index in [1.807, 2.05) is 70.3 Å². The fourth-order valence-electron chi connectivity index (χ4n) is 3.55. The second-order valence-corrected chi connectivity index (χ2v) is 7.14. The van der Waals surface area contributed by atoms with Crippen molar-refractivity contribution in [3.05, 3.63) is 89.2 Å². The van der Waals surface area contributed by atoms with E-state index in [0.717, 1.165) is 29.5 Å². The van der Waals surface area contributed by atoms with Crippen LogP contribution in [0.15, 0.2) is 72.9 Å². The highest BCUT2D eigenvalue weighted by atomic mass is 35.5. The Labute approximate surface area is 164 Å². The molecular formula is C22H22ClN3O. The van der Waals surface area contributed by atoms with Gasteiger partial charge in [0.1, 0.15) is 5.69 Å². The van der Waals surface area contributed by atoms with E-state index in [1.54, 1.807) is 0 Å². The Morgan fingerprint density at radius 1 is 0.852 bits per heavy atom. The summed E-state index contributed by atoms with van der Waals surface area (Å²) in [7, 11) is 0. The highest BCUT2D eigenvalue weighted by molar-refractivity contribution is 6.33. The van der Waals surface area contributed by atoms with Gasteiger partial charge in [-0.2, -0.15) is 0 Å². The fraction of sp³-hybridized carbons (Fsp3) is 0.227. The monoisotopic (exact) mass is 379 g/mol. The van der Waals surface area contributed by atoms with Crippen LogP contribution in [0.3, 0.4) is 0 Å². The summed E-state index contributed by atoms with van der Waals surface area (Å²) in [6.45, 7) is 3.67. The molecule has 0 spiro atoms. The molecule has 0 radical (unpaired) electrons. The Morgan fingerprint density at radius 2 is 1.56 bits per heavy atom. The Morgan fingerprint density at radius 3 is 2.30 bits per heavy atom. The molecule has 0 atom stereocenters. The Balaban J connectivity index is 1.43. The number of aromatic nitrogens is 1. The van der Waals surface area contributed by atoms with Crippen LogP contribution in [-0.2, 0) is 6.54 Å². The zero-order valence-electron chi connectivity index (χ0n) is 15.1. The van der Waals surface area contributed by atoms with Gasteiger partial charge in [-0.1, -0.05) is 54.1 Å². The molecule has 1 aliphatic heterocycles. The number of amides is 1. The normalized spacial score (nSPS) is 14.4. The third-order valence-electron chi connectivity index (χ3n) is 5.00. The quantitative estimate of drug-likeness (QED) is 0.681. The molecular weight excluding hydrogens is 358 g/mol. The van der Waals surface area contributed by atoms with Crippen LogP contribution in [-0.4, -0.2) is 41.6 Å². The molecule has 2 heterocycles. The first-order chi connectivity index (χ1) is 13.2. The summed E-state index contributed by atoms with van der Waals surface area (Å²) >= 11 is 6.31. The third-order valence-corrected chi connectivity index (χ3v) is 5.32. The van der Waals surface area contributed by atoms with E-state index in [-0.39, 0.29) is 5.91 Å². The molecule has 3 aromatic rings. The molecule has 1 saturated heterocycles. The number of hydrogen-bond acceptors (Lipinski definition) is 2. The minimum atomic E-state index is 0.0924. The molecule has 0 unspecified atom stereocenters. The predicted octanol–water partition coefficient (Wildman–Crippen LogP) is 4.15. The van der Waals surface area contributed by atoms with Gasteiger partial charge in [0.2, 0.25) is 0 Å². The van der Waals surface area contributed by atoms with Gasteiger partial charge >= 0.3 is 0 Å². The van der Waals surface area contributed by atoms with Gasteiger partial charge in [-0.15, -0.1) is 0 Å². The van der Waals surface area contributed by atoms with Crippen LogP contribution in [0.25, 0.3) is 0 Å². The lowest BCUT2D eigenvalue weighted by Gasteiger charge is -2.36. The van der Waals surface area contributed by atoms with E-state index in [2.05, 4.69) is 17.0 Å². The number of rotatable bonds is 4. The second kappa shape index (κ2) is 7.89. The molecule has 1 aromatic heterocycles. The standard InChI is InChI=1S/C22H22ClN3O/c23-19-9-4-5-10-20(19)24-13-15-25(16-14-24)22(27)21-11-6-12-26(21)17-18-7-2-1-3-8-18/h1-12H,13-17H2. The van der Waals surface area contributed by atoms with Gasteiger partial charge in [-0.25, -0.2) is 0 Å². The van der Waals surface area contributed by atoms with E-state index in [0.29, 0.717) is 19.6 Å². The summed E-state index contributed by atoms with van der Waals surface area (Å²) in [5, 5.41) is 0.758. The molecule has 1 aliphatic rings. The van der Waals surface area contributed by atoms with Crippen LogP contribution in [0.4, 0.5) is 5.69 Å². The molecule has 5 heteroatoms. The summed E-state index contributed by atoms with van der Waals surface area (Å²) in [5.41, 5.74) is 2.97. The van der Waals surface area contributed by atoms with E-state index < -0.39 is 0 Å². The lowest BCUT2D eigenvalue weighted by atomic mass is 10.2. The number of nitrogens with zero attached hydrogens (tertiary/aromatic N) is 3. The van der Waals surface area contributed by atoms with Gasteiger partial charge in [0.05, 0.1) is 10.7 Å². The van der Waals surface area contributed by atoms with E-state index >= 15 is 0 Å². The highest BCUT2D eigenvalue weighted by Gasteiger charge is 2.24. The van der Waals surface area contributed by atoms with Gasteiger partial charge in [0.15, 0.2) is 0 Å². The first kappa shape index (κ1) is 17.7. The van der Waals surface area contributed by atoms with Crippen molar-refractivity contribution in [1.82, 2.24) is 9.47 Å². The van der Waals surface area contributed by atoms with Crippen LogP contribution in [0.2, 0.25) is 5.02 Å². The molecule has 4 nitrogen and oxygen atoms in total. The fourth-order valence-corrected chi connectivity index (χ4v) is 3.80. The second-order valence-electron chi connectivity index (χ2n) is 6.74. The average Bonchev–Trinajstić information content (AvgIpc) is 3.17. The van der Waals surface area contributed by atoms with Crippen LogP contribution < -0.4 is 4.90 Å². The summed E-state index contributed by atoms with van der Waals surface area (Å²) in [6.07, 6.45) is 1.97. The van der Waals surface area contributed by atoms with E-state index in [1.165, 1.54) is 5.56 Å². The summed E-state index contributed by atoms with van der Waals surface area (Å²) in [6, 6.07) is 21.9. The molecule has 27 heavy (non-hydrogen) atoms. The van der Waals surface area contributed by atoms with Crippen molar-refractivity contribution >= 4 is 23.2 Å². The SMILES string of the molecule is O=C(c1cccn1Cc1ccccc1)N1CCN(c2ccccc2Cl)CC1. The molecule has 0 N–H and O–H groups in total. The number of benzene rings is 2. The first-order valence-corrected chi connectivity index (χ1v) is 9.58. The van der Waals surface area contributed by atoms with Crippen molar-refractivity contribution < 1.29 is 4.79 Å². The Kier molecular flexibility index (Phi) is 5.16. The maximum atomic E-state index is 13.0. The number of carbonyl (C=O) groups excluding carboxylic acids is 1. The van der Waals surface area contributed by atoms with Gasteiger partial charge in [-0.3, -0.25) is 4.79 Å². The number of piperazine rings is 1. The van der Waals surface area contributed by atoms with Crippen molar-refractivity contribution in [2.45, 2.75) is 6.54 Å². The number of carbonyl (C=O) groups is 1. The van der Waals surface area contributed by atoms with Crippen molar-refractivity contribution in [2.75, 3.05) is 31.1 Å². The van der Waals surface area contributed by atoms with Crippen molar-refractivity contribution in [3.8, 4) is 0 Å². The van der Waals surface area contributed by atoms with E-state index in [4.69, 9.17) is 11.6 Å². The molecule has 1 amide bonds. The maximum Gasteiger partial charge on any atom is 0.270 e. The molecule has 0 aliphatic carbocycles. The lowest BCUT2D eigenvalue weighted by Crippen LogP contribution is -2.49. The van der Waals surface area contributed by atoms with Crippen molar-refractivity contribution in [2.24, 2.45) is 0 Å². The topological polar surface area (TPSA) is 28.5 Å². The minimum Gasteiger partial charge on any atom is -0.367 e. The predicted molar refractivity (Wildman–Crippen MR) is 110 cm³/mol. The van der Waals surface area contributed by atoms with Crippen molar-refractivity contribution in [3.63, 3.8) is 0 Å². The number of hydrogen-bond donors (Lipinski definition) is 0. The van der Waals surface area contributed by atoms with Gasteiger partial charge < -0.3 is 14.4 Å². The van der Waals surface area contributed by atoms with Gasteiger partial charge in [0.25, 0.3) is 5.91 Å². The third kappa shape index (κ3) is 3.86. The largest absolute Gasteiger partial charge is 0.367 e. The summed E-state index contributed by atoms with van der Waals surface area (Å²) < 4.78 is 2.03. The Hall–Kier alpha value is -2.72. The zero-order valence-corrected chi connectivity index (χ0v) is 15.8.